The summed E-state index contributed by atoms with van der Waals surface area (Å²) in [4.78, 5) is 13.2. The Bertz CT molecular complexity index is 1210. The van der Waals surface area contributed by atoms with Crippen molar-refractivity contribution >= 4 is 34.6 Å². The van der Waals surface area contributed by atoms with Gasteiger partial charge in [0.1, 0.15) is 17.2 Å². The van der Waals surface area contributed by atoms with Crippen LogP contribution in [0.5, 0.6) is 5.75 Å². The maximum Gasteiger partial charge on any atom is 0.340 e. The maximum absolute atomic E-state index is 13.5. The van der Waals surface area contributed by atoms with Gasteiger partial charge in [-0.25, -0.2) is 14.2 Å². The normalized spacial score (nSPS) is 16.5. The molecule has 0 fully saturated rings. The van der Waals surface area contributed by atoms with Crippen molar-refractivity contribution in [2.45, 2.75) is 32.3 Å². The van der Waals surface area contributed by atoms with Crippen LogP contribution in [0.4, 0.5) is 14.9 Å². The van der Waals surface area contributed by atoms with E-state index >= 15 is 0 Å². The van der Waals surface area contributed by atoms with Crippen LogP contribution < -0.4 is 15.5 Å². The third-order valence-corrected chi connectivity index (χ3v) is 6.38. The van der Waals surface area contributed by atoms with Gasteiger partial charge in [-0.2, -0.15) is 0 Å². The molecule has 0 aliphatic carbocycles. The van der Waals surface area contributed by atoms with Crippen LogP contribution in [0.3, 0.4) is 0 Å². The molecular weight excluding hydrogens is 453 g/mol. The van der Waals surface area contributed by atoms with E-state index in [9.17, 15) is 9.18 Å². The number of aryl methyl sites for hydroxylation is 1. The molecule has 5 nitrogen and oxygen atoms in total. The van der Waals surface area contributed by atoms with Crippen molar-refractivity contribution in [1.82, 2.24) is 10.4 Å². The summed E-state index contributed by atoms with van der Waals surface area (Å²) in [6.45, 7) is 4.47. The lowest BCUT2D eigenvalue weighted by Gasteiger charge is -2.32. The Morgan fingerprint density at radius 2 is 1.76 bits per heavy atom. The van der Waals surface area contributed by atoms with E-state index in [1.54, 1.807) is 24.3 Å². The highest BCUT2D eigenvalue weighted by Gasteiger charge is 2.29. The van der Waals surface area contributed by atoms with Crippen LogP contribution in [0.1, 0.15) is 37.0 Å². The van der Waals surface area contributed by atoms with Gasteiger partial charge in [-0.05, 0) is 85.8 Å². The molecule has 0 atom stereocenters. The van der Waals surface area contributed by atoms with E-state index in [1.807, 2.05) is 30.3 Å². The first-order chi connectivity index (χ1) is 16.3. The molecule has 2 aliphatic rings. The van der Waals surface area contributed by atoms with Crippen LogP contribution in [-0.4, -0.2) is 23.2 Å². The van der Waals surface area contributed by atoms with Gasteiger partial charge in [0, 0.05) is 16.3 Å². The van der Waals surface area contributed by atoms with Crippen LogP contribution in [-0.2, 0) is 6.42 Å². The second-order valence-electron chi connectivity index (χ2n) is 9.18. The molecule has 2 amide bonds. The zero-order valence-corrected chi connectivity index (χ0v) is 19.7. The van der Waals surface area contributed by atoms with Gasteiger partial charge in [0.25, 0.3) is 0 Å². The van der Waals surface area contributed by atoms with Crippen LogP contribution in [0.25, 0.3) is 11.3 Å². The average Bonchev–Trinajstić information content (AvgIpc) is 3.25. The molecule has 2 heterocycles. The number of amides is 2. The van der Waals surface area contributed by atoms with E-state index in [4.69, 9.17) is 16.3 Å². The minimum absolute atomic E-state index is 0.183. The summed E-state index contributed by atoms with van der Waals surface area (Å²) < 4.78 is 19.6. The van der Waals surface area contributed by atoms with E-state index in [0.29, 0.717) is 17.3 Å². The molecule has 2 N–H and O–H groups in total. The molecule has 7 heteroatoms. The van der Waals surface area contributed by atoms with Gasteiger partial charge in [-0.3, -0.25) is 5.43 Å². The molecule has 174 valence electrons. The molecule has 0 aromatic heterocycles. The van der Waals surface area contributed by atoms with Gasteiger partial charge in [-0.15, -0.1) is 0 Å². The number of carbonyl (C=O) groups is 1. The van der Waals surface area contributed by atoms with Gasteiger partial charge < -0.3 is 10.1 Å². The Morgan fingerprint density at radius 3 is 2.50 bits per heavy atom. The fourth-order valence-corrected chi connectivity index (χ4v) is 4.40. The van der Waals surface area contributed by atoms with Crippen LogP contribution in [0.2, 0.25) is 5.02 Å². The number of halogens is 2. The summed E-state index contributed by atoms with van der Waals surface area (Å²) in [5.74, 6) is 0.552. The van der Waals surface area contributed by atoms with Crippen molar-refractivity contribution in [3.63, 3.8) is 0 Å². The monoisotopic (exact) mass is 477 g/mol. The number of benzene rings is 3. The molecule has 3 aromatic rings. The topological polar surface area (TPSA) is 53.6 Å². The maximum atomic E-state index is 13.5. The number of ether oxygens (including phenoxy) is 1. The summed E-state index contributed by atoms with van der Waals surface area (Å²) in [7, 11) is 0. The molecule has 0 bridgehead atoms. The quantitative estimate of drug-likeness (QED) is 0.452. The third-order valence-electron chi connectivity index (χ3n) is 6.13. The highest BCUT2D eigenvalue weighted by Crippen LogP contribution is 2.35. The number of rotatable bonds is 3. The number of nitrogens with one attached hydrogen (secondary N) is 2. The minimum Gasteiger partial charge on any atom is -0.488 e. The van der Waals surface area contributed by atoms with Crippen molar-refractivity contribution in [2.75, 3.05) is 11.9 Å². The lowest BCUT2D eigenvalue weighted by Crippen LogP contribution is -2.40. The first kappa shape index (κ1) is 22.3. The first-order valence-corrected chi connectivity index (χ1v) is 11.6. The number of hydrogen-bond acceptors (Lipinski definition) is 3. The molecule has 0 saturated carbocycles. The van der Waals surface area contributed by atoms with Crippen LogP contribution >= 0.6 is 11.6 Å². The van der Waals surface area contributed by atoms with Gasteiger partial charge in [-0.1, -0.05) is 35.9 Å². The Kier molecular flexibility index (Phi) is 5.70. The van der Waals surface area contributed by atoms with Gasteiger partial charge in [0.15, 0.2) is 0 Å². The molecule has 5 rings (SSSR count). The van der Waals surface area contributed by atoms with Crippen molar-refractivity contribution < 1.29 is 13.9 Å². The second-order valence-corrected chi connectivity index (χ2v) is 9.62. The Labute approximate surface area is 203 Å². The largest absolute Gasteiger partial charge is 0.488 e. The molecule has 2 aliphatic heterocycles. The summed E-state index contributed by atoms with van der Waals surface area (Å²) in [6.07, 6.45) is 1.81. The molecule has 0 saturated heterocycles. The minimum atomic E-state index is -0.308. The highest BCUT2D eigenvalue weighted by atomic mass is 35.5. The van der Waals surface area contributed by atoms with Crippen molar-refractivity contribution in [3.05, 3.63) is 94.3 Å². The predicted molar refractivity (Wildman–Crippen MR) is 133 cm³/mol. The number of urea groups is 1. The van der Waals surface area contributed by atoms with E-state index in [1.165, 1.54) is 17.1 Å². The number of nitrogens with zero attached hydrogens (tertiary/aromatic N) is 1. The lowest BCUT2D eigenvalue weighted by atomic mass is 9.94. The Balaban J connectivity index is 1.37. The summed E-state index contributed by atoms with van der Waals surface area (Å²) >= 11 is 6.06. The van der Waals surface area contributed by atoms with Crippen molar-refractivity contribution in [1.29, 1.82) is 0 Å². The number of carbonyl (C=O) groups excluding carboxylic acids is 1. The Hall–Kier alpha value is -3.51. The van der Waals surface area contributed by atoms with E-state index in [2.05, 4.69) is 24.6 Å². The molecule has 0 unspecified atom stereocenters. The first-order valence-electron chi connectivity index (χ1n) is 11.2. The standard InChI is InChI=1S/C27H25ClFN3O2/c1-27(2)14-13-19-15-22(11-12-24(19)34-27)30-26(33)32-16-23(17-5-9-21(29)10-6-17)25(31-32)18-3-7-20(28)8-4-18/h3-12,15,31H,13-14,16H2,1-2H3,(H,30,33). The molecule has 0 spiro atoms. The smallest absolute Gasteiger partial charge is 0.340 e. The van der Waals surface area contributed by atoms with Crippen molar-refractivity contribution in [2.24, 2.45) is 0 Å². The average molecular weight is 478 g/mol. The summed E-state index contributed by atoms with van der Waals surface area (Å²) in [5, 5.41) is 5.12. The van der Waals surface area contributed by atoms with Crippen LogP contribution in [0, 0.1) is 5.82 Å². The molecule has 3 aromatic carbocycles. The fourth-order valence-electron chi connectivity index (χ4n) is 4.27. The van der Waals surface area contributed by atoms with Crippen molar-refractivity contribution in [3.8, 4) is 5.75 Å². The molecule has 34 heavy (non-hydrogen) atoms. The number of hydrogen-bond donors (Lipinski definition) is 2. The fraction of sp³-hybridized carbons (Fsp3) is 0.222. The second kappa shape index (κ2) is 8.69. The van der Waals surface area contributed by atoms with E-state index in [-0.39, 0.29) is 17.4 Å². The van der Waals surface area contributed by atoms with E-state index in [0.717, 1.165) is 46.6 Å². The molecular formula is C27H25ClFN3O2. The number of hydrazine groups is 1. The number of anilines is 1. The van der Waals surface area contributed by atoms with Crippen LogP contribution in [0.15, 0.2) is 66.7 Å². The van der Waals surface area contributed by atoms with E-state index < -0.39 is 0 Å². The Morgan fingerprint density at radius 1 is 1.06 bits per heavy atom. The summed E-state index contributed by atoms with van der Waals surface area (Å²) in [6, 6.07) is 19.1. The zero-order chi connectivity index (χ0) is 23.9. The predicted octanol–water partition coefficient (Wildman–Crippen LogP) is 6.50. The van der Waals surface area contributed by atoms with Gasteiger partial charge >= 0.3 is 6.03 Å². The lowest BCUT2D eigenvalue weighted by molar-refractivity contribution is 0.0847. The number of fused-ring (bicyclic) bond motifs is 1. The summed E-state index contributed by atoms with van der Waals surface area (Å²) in [5.41, 5.74) is 8.21. The zero-order valence-electron chi connectivity index (χ0n) is 19.0. The third kappa shape index (κ3) is 4.59. The highest BCUT2D eigenvalue weighted by molar-refractivity contribution is 6.30. The van der Waals surface area contributed by atoms with Gasteiger partial charge in [0.05, 0.1) is 12.2 Å². The SMILES string of the molecule is CC1(C)CCc2cc(NC(=O)N3CC(c4ccc(F)cc4)=C(c4ccc(Cl)cc4)N3)ccc2O1. The van der Waals surface area contributed by atoms with Gasteiger partial charge in [0.2, 0.25) is 0 Å². The molecule has 0 radical (unpaired) electrons.